The van der Waals surface area contributed by atoms with Crippen molar-refractivity contribution in [1.29, 1.82) is 0 Å². The van der Waals surface area contributed by atoms with Crippen molar-refractivity contribution in [2.45, 2.75) is 38.9 Å². The molecule has 1 rings (SSSR count). The molecule has 124 valence electrons. The molecule has 1 fully saturated rings. The van der Waals surface area contributed by atoms with E-state index in [-0.39, 0.29) is 5.75 Å². The summed E-state index contributed by atoms with van der Waals surface area (Å²) in [4.78, 5) is 6.63. The van der Waals surface area contributed by atoms with Gasteiger partial charge in [-0.1, -0.05) is 0 Å². The smallest absolute Gasteiger partial charge is 0.193 e. The second kappa shape index (κ2) is 7.98. The van der Waals surface area contributed by atoms with Gasteiger partial charge in [-0.3, -0.25) is 4.99 Å². The Morgan fingerprint density at radius 2 is 2.10 bits per heavy atom. The zero-order valence-electron chi connectivity index (χ0n) is 13.7. The number of aliphatic imine (C=N–C) groups is 1. The van der Waals surface area contributed by atoms with Crippen LogP contribution < -0.4 is 5.32 Å². The molecular formula is C14H29N3O3S. The summed E-state index contributed by atoms with van der Waals surface area (Å²) in [6, 6.07) is 0. The maximum absolute atomic E-state index is 12.1. The van der Waals surface area contributed by atoms with Crippen LogP contribution in [0.3, 0.4) is 0 Å². The summed E-state index contributed by atoms with van der Waals surface area (Å²) < 4.78 is 28.7. The summed E-state index contributed by atoms with van der Waals surface area (Å²) in [6.45, 7) is 11.4. The molecule has 0 aliphatic carbocycles. The maximum atomic E-state index is 12.1. The fourth-order valence-electron chi connectivity index (χ4n) is 2.25. The average Bonchev–Trinajstić information content (AvgIpc) is 2.40. The number of nitrogens with zero attached hydrogens (tertiary/aromatic N) is 2. The van der Waals surface area contributed by atoms with Gasteiger partial charge in [0.2, 0.25) is 0 Å². The standard InChI is InChI=1S/C14H29N3O3S/c1-5-15-13(16-8-7-10-20-6-2)17-9-11-21(18,19)14(3,4)12-17/h5-12H2,1-4H3,(H,15,16). The lowest BCUT2D eigenvalue weighted by molar-refractivity contribution is 0.146. The molecule has 0 saturated carbocycles. The van der Waals surface area contributed by atoms with E-state index in [1.54, 1.807) is 13.8 Å². The highest BCUT2D eigenvalue weighted by Gasteiger charge is 2.40. The van der Waals surface area contributed by atoms with Crippen molar-refractivity contribution in [3.05, 3.63) is 0 Å². The number of nitrogens with one attached hydrogen (secondary N) is 1. The minimum Gasteiger partial charge on any atom is -0.382 e. The van der Waals surface area contributed by atoms with Crippen molar-refractivity contribution in [2.24, 2.45) is 4.99 Å². The molecule has 1 saturated heterocycles. The molecule has 1 N–H and O–H groups in total. The largest absolute Gasteiger partial charge is 0.382 e. The van der Waals surface area contributed by atoms with Gasteiger partial charge >= 0.3 is 0 Å². The number of ether oxygens (including phenoxy) is 1. The lowest BCUT2D eigenvalue weighted by Crippen LogP contribution is -2.57. The topological polar surface area (TPSA) is 71.0 Å². The molecule has 21 heavy (non-hydrogen) atoms. The number of guanidine groups is 1. The fourth-order valence-corrected chi connectivity index (χ4v) is 3.61. The Morgan fingerprint density at radius 3 is 2.67 bits per heavy atom. The summed E-state index contributed by atoms with van der Waals surface area (Å²) in [7, 11) is -3.02. The lowest BCUT2D eigenvalue weighted by atomic mass is 10.2. The number of hydrogen-bond acceptors (Lipinski definition) is 4. The first-order chi connectivity index (χ1) is 9.84. The van der Waals surface area contributed by atoms with E-state index in [1.165, 1.54) is 0 Å². The molecule has 0 radical (unpaired) electrons. The van der Waals surface area contributed by atoms with Gasteiger partial charge in [0.25, 0.3) is 0 Å². The van der Waals surface area contributed by atoms with Crippen molar-refractivity contribution < 1.29 is 13.2 Å². The molecule has 0 aromatic heterocycles. The van der Waals surface area contributed by atoms with Gasteiger partial charge in [-0.2, -0.15) is 0 Å². The minimum absolute atomic E-state index is 0.184. The van der Waals surface area contributed by atoms with Crippen molar-refractivity contribution >= 4 is 15.8 Å². The average molecular weight is 319 g/mol. The van der Waals surface area contributed by atoms with E-state index in [0.29, 0.717) is 26.2 Å². The summed E-state index contributed by atoms with van der Waals surface area (Å²) in [5, 5.41) is 3.25. The highest BCUT2D eigenvalue weighted by atomic mass is 32.2. The van der Waals surface area contributed by atoms with E-state index in [0.717, 1.165) is 25.5 Å². The summed E-state index contributed by atoms with van der Waals surface area (Å²) in [5.41, 5.74) is 0. The van der Waals surface area contributed by atoms with E-state index < -0.39 is 14.6 Å². The minimum atomic E-state index is -3.02. The van der Waals surface area contributed by atoms with Crippen LogP contribution in [0, 0.1) is 0 Å². The molecule has 0 atom stereocenters. The molecule has 0 bridgehead atoms. The Morgan fingerprint density at radius 1 is 1.38 bits per heavy atom. The van der Waals surface area contributed by atoms with E-state index in [1.807, 2.05) is 18.7 Å². The summed E-state index contributed by atoms with van der Waals surface area (Å²) in [6.07, 6.45) is 0.873. The van der Waals surface area contributed by atoms with Crippen LogP contribution >= 0.6 is 0 Å². The molecule has 0 amide bonds. The van der Waals surface area contributed by atoms with E-state index in [9.17, 15) is 8.42 Å². The normalized spacial score (nSPS) is 21.3. The predicted octanol–water partition coefficient (Wildman–Crippen LogP) is 0.888. The third kappa shape index (κ3) is 5.14. The van der Waals surface area contributed by atoms with Crippen LogP contribution in [-0.4, -0.2) is 69.2 Å². The van der Waals surface area contributed by atoms with Gasteiger partial charge < -0.3 is 15.0 Å². The zero-order valence-corrected chi connectivity index (χ0v) is 14.5. The molecule has 1 aliphatic heterocycles. The van der Waals surface area contributed by atoms with E-state index >= 15 is 0 Å². The Kier molecular flexibility index (Phi) is 6.93. The van der Waals surface area contributed by atoms with Crippen LogP contribution in [-0.2, 0) is 14.6 Å². The quantitative estimate of drug-likeness (QED) is 0.447. The van der Waals surface area contributed by atoms with Gasteiger partial charge in [0.15, 0.2) is 15.8 Å². The van der Waals surface area contributed by atoms with Gasteiger partial charge in [0.1, 0.15) is 0 Å². The Labute approximate surface area is 128 Å². The Hall–Kier alpha value is -0.820. The van der Waals surface area contributed by atoms with E-state index in [2.05, 4.69) is 10.3 Å². The molecule has 0 spiro atoms. The summed E-state index contributed by atoms with van der Waals surface area (Å²) in [5.74, 6) is 0.987. The second-order valence-electron chi connectivity index (χ2n) is 5.79. The van der Waals surface area contributed by atoms with Crippen LogP contribution in [0.2, 0.25) is 0 Å². The third-order valence-electron chi connectivity index (χ3n) is 3.59. The molecule has 1 heterocycles. The van der Waals surface area contributed by atoms with Crippen LogP contribution in [0.4, 0.5) is 0 Å². The van der Waals surface area contributed by atoms with Gasteiger partial charge in [0, 0.05) is 39.4 Å². The molecular weight excluding hydrogens is 290 g/mol. The van der Waals surface area contributed by atoms with Crippen LogP contribution in [0.5, 0.6) is 0 Å². The van der Waals surface area contributed by atoms with Gasteiger partial charge in [0.05, 0.1) is 10.5 Å². The predicted molar refractivity (Wildman–Crippen MR) is 86.5 cm³/mol. The Bertz CT molecular complexity index is 446. The van der Waals surface area contributed by atoms with Crippen LogP contribution in [0.15, 0.2) is 4.99 Å². The maximum Gasteiger partial charge on any atom is 0.193 e. The van der Waals surface area contributed by atoms with Crippen molar-refractivity contribution in [2.75, 3.05) is 45.1 Å². The first-order valence-corrected chi connectivity index (χ1v) is 9.32. The molecule has 0 unspecified atom stereocenters. The number of hydrogen-bond donors (Lipinski definition) is 1. The number of rotatable bonds is 6. The SMILES string of the molecule is CCNC(=NCCCOCC)N1CCS(=O)(=O)C(C)(C)C1. The third-order valence-corrected chi connectivity index (χ3v) is 6.12. The molecule has 7 heteroatoms. The van der Waals surface area contributed by atoms with Crippen molar-refractivity contribution in [3.63, 3.8) is 0 Å². The highest BCUT2D eigenvalue weighted by molar-refractivity contribution is 7.92. The monoisotopic (exact) mass is 319 g/mol. The van der Waals surface area contributed by atoms with Crippen molar-refractivity contribution in [3.8, 4) is 0 Å². The molecule has 6 nitrogen and oxygen atoms in total. The molecule has 1 aliphatic rings. The lowest BCUT2D eigenvalue weighted by Gasteiger charge is -2.39. The van der Waals surface area contributed by atoms with Crippen LogP contribution in [0.25, 0.3) is 0 Å². The van der Waals surface area contributed by atoms with Gasteiger partial charge in [-0.05, 0) is 34.1 Å². The van der Waals surface area contributed by atoms with E-state index in [4.69, 9.17) is 4.74 Å². The second-order valence-corrected chi connectivity index (χ2v) is 8.53. The summed E-state index contributed by atoms with van der Waals surface area (Å²) >= 11 is 0. The van der Waals surface area contributed by atoms with Crippen molar-refractivity contribution in [1.82, 2.24) is 10.2 Å². The van der Waals surface area contributed by atoms with Gasteiger partial charge in [-0.25, -0.2) is 8.42 Å². The highest BCUT2D eigenvalue weighted by Crippen LogP contribution is 2.23. The zero-order chi connectivity index (χ0) is 15.9. The van der Waals surface area contributed by atoms with Crippen LogP contribution in [0.1, 0.15) is 34.1 Å². The number of sulfone groups is 1. The van der Waals surface area contributed by atoms with Gasteiger partial charge in [-0.15, -0.1) is 0 Å². The molecule has 0 aromatic rings. The molecule has 0 aromatic carbocycles. The first-order valence-electron chi connectivity index (χ1n) is 7.67. The Balaban J connectivity index is 2.66. The fraction of sp³-hybridized carbons (Fsp3) is 0.929. The first kappa shape index (κ1) is 18.2.